The van der Waals surface area contributed by atoms with Crippen molar-refractivity contribution in [3.63, 3.8) is 0 Å². The van der Waals surface area contributed by atoms with Crippen molar-refractivity contribution in [1.29, 1.82) is 0 Å². The molecule has 0 aromatic carbocycles. The quantitative estimate of drug-likeness (QED) is 0.425. The van der Waals surface area contributed by atoms with Crippen molar-refractivity contribution >= 4 is 20.0 Å². The highest BCUT2D eigenvalue weighted by atomic mass is 32.3. The predicted molar refractivity (Wildman–Crippen MR) is 103 cm³/mol. The van der Waals surface area contributed by atoms with Gasteiger partial charge in [-0.2, -0.15) is 0 Å². The molecule has 178 valence electrons. The number of quaternary nitrogens is 1. The molecule has 0 aliphatic carbocycles. The second kappa shape index (κ2) is 20.8. The highest BCUT2D eigenvalue weighted by Gasteiger charge is 1.95. The second-order valence-electron chi connectivity index (χ2n) is 5.21. The van der Waals surface area contributed by atoms with Crippen LogP contribution in [-0.4, -0.2) is 114 Å². The van der Waals surface area contributed by atoms with Gasteiger partial charge in [0.05, 0.1) is 99.3 Å². The van der Waals surface area contributed by atoms with Gasteiger partial charge in [-0.3, -0.25) is 0 Å². The van der Waals surface area contributed by atoms with Crippen LogP contribution in [-0.2, 0) is 48.5 Å². The topological polar surface area (TPSA) is 186 Å². The van der Waals surface area contributed by atoms with Crippen molar-refractivity contribution in [2.45, 2.75) is 0 Å². The summed E-state index contributed by atoms with van der Waals surface area (Å²) in [7, 11) is -7.49. The van der Waals surface area contributed by atoms with Crippen molar-refractivity contribution < 1.29 is 56.4 Å². The minimum absolute atomic E-state index is 0.586. The SMILES string of the molecule is C1COCCOCCOCCOCCOCCO1.CS(=O)(=O)[N-]S(C)(=O)=O.[NH3+]O. The minimum atomic E-state index is -3.74. The van der Waals surface area contributed by atoms with Gasteiger partial charge in [-0.15, -0.1) is 0 Å². The van der Waals surface area contributed by atoms with E-state index in [4.69, 9.17) is 33.6 Å². The minimum Gasteiger partial charge on any atom is -0.437 e. The molecule has 1 fully saturated rings. The molecule has 1 aliphatic heterocycles. The van der Waals surface area contributed by atoms with Gasteiger partial charge >= 0.3 is 0 Å². The monoisotopic (exact) mass is 470 g/mol. The molecule has 1 heterocycles. The van der Waals surface area contributed by atoms with Crippen LogP contribution in [0.3, 0.4) is 0 Å². The Hall–Kier alpha value is -0.460. The average molecular weight is 471 g/mol. The third kappa shape index (κ3) is 32.4. The summed E-state index contributed by atoms with van der Waals surface area (Å²) in [5, 5.41) is 6.75. The number of ether oxygens (including phenoxy) is 6. The van der Waals surface area contributed by atoms with Gasteiger partial charge in [0.15, 0.2) is 0 Å². The summed E-state index contributed by atoms with van der Waals surface area (Å²) in [5.74, 6) is 2.25. The summed E-state index contributed by atoms with van der Waals surface area (Å²) in [6, 6.07) is 0. The van der Waals surface area contributed by atoms with Crippen molar-refractivity contribution in [2.24, 2.45) is 0 Å². The molecule has 0 spiro atoms. The third-order valence-corrected chi connectivity index (χ3v) is 4.67. The number of hydrogen-bond acceptors (Lipinski definition) is 11. The normalized spacial score (nSPS) is 19.3. The van der Waals surface area contributed by atoms with Gasteiger partial charge < -0.3 is 32.5 Å². The van der Waals surface area contributed by atoms with Crippen LogP contribution in [0.1, 0.15) is 0 Å². The fraction of sp³-hybridized carbons (Fsp3) is 1.00. The van der Waals surface area contributed by atoms with E-state index in [1.807, 2.05) is 0 Å². The van der Waals surface area contributed by atoms with Crippen LogP contribution in [0.25, 0.3) is 4.13 Å². The van der Waals surface area contributed by atoms with E-state index in [1.165, 1.54) is 0 Å². The maximum absolute atomic E-state index is 10.1. The number of rotatable bonds is 2. The summed E-state index contributed by atoms with van der Waals surface area (Å²) in [4.78, 5) is 0. The Bertz CT molecular complexity index is 439. The molecule has 0 bridgehead atoms. The van der Waals surface area contributed by atoms with E-state index in [0.29, 0.717) is 91.8 Å². The lowest BCUT2D eigenvalue weighted by molar-refractivity contribution is -0.670. The average Bonchev–Trinajstić information content (AvgIpc) is 2.61. The molecule has 0 amide bonds. The molecular formula is C14H34N2O11S2. The van der Waals surface area contributed by atoms with Crippen LogP contribution in [0.2, 0.25) is 0 Å². The summed E-state index contributed by atoms with van der Waals surface area (Å²) in [5.41, 5.74) is 0. The van der Waals surface area contributed by atoms with E-state index in [1.54, 1.807) is 0 Å². The Morgan fingerprint density at radius 2 is 0.655 bits per heavy atom. The van der Waals surface area contributed by atoms with Gasteiger partial charge in [0.2, 0.25) is 0 Å². The van der Waals surface area contributed by atoms with Crippen molar-refractivity contribution in [3.8, 4) is 0 Å². The predicted octanol–water partition coefficient (Wildman–Crippen LogP) is -2.00. The van der Waals surface area contributed by atoms with Crippen LogP contribution < -0.4 is 5.90 Å². The largest absolute Gasteiger partial charge is 0.437 e. The molecule has 0 unspecified atom stereocenters. The second-order valence-corrected chi connectivity index (χ2v) is 8.74. The van der Waals surface area contributed by atoms with Gasteiger partial charge in [0.1, 0.15) is 0 Å². The number of nitrogens with zero attached hydrogens (tertiary/aromatic N) is 1. The van der Waals surface area contributed by atoms with Gasteiger partial charge in [-0.25, -0.2) is 27.9 Å². The van der Waals surface area contributed by atoms with Gasteiger partial charge in [0, 0.05) is 12.5 Å². The van der Waals surface area contributed by atoms with E-state index in [9.17, 15) is 16.8 Å². The van der Waals surface area contributed by atoms with E-state index < -0.39 is 20.0 Å². The standard InChI is InChI=1S/C12H24O6.C2H6NO4S2.H4NO/c1-2-14-5-6-16-9-10-18-12-11-17-8-7-15-4-3-13-1;1-8(4,5)3-9(2,6)7;1-2/h1-12H2;1-2H3;2H,1H3/q;-1;+1. The molecule has 1 rings (SSSR count). The lowest BCUT2D eigenvalue weighted by Crippen LogP contribution is -2.42. The van der Waals surface area contributed by atoms with Gasteiger partial charge in [0.25, 0.3) is 0 Å². The Balaban J connectivity index is 0. The molecular weight excluding hydrogens is 436 g/mol. The van der Waals surface area contributed by atoms with E-state index >= 15 is 0 Å². The summed E-state index contributed by atoms with van der Waals surface area (Å²) in [6.45, 7) is 7.04. The Morgan fingerprint density at radius 1 is 0.517 bits per heavy atom. The zero-order chi connectivity index (χ0) is 22.4. The van der Waals surface area contributed by atoms with Crippen LogP contribution >= 0.6 is 0 Å². The molecule has 29 heavy (non-hydrogen) atoms. The van der Waals surface area contributed by atoms with Gasteiger partial charge in [-0.05, 0) is 0 Å². The molecule has 0 radical (unpaired) electrons. The van der Waals surface area contributed by atoms with Crippen molar-refractivity contribution in [2.75, 3.05) is 91.8 Å². The first-order valence-corrected chi connectivity index (χ1v) is 12.3. The van der Waals surface area contributed by atoms with Crippen LogP contribution in [0.4, 0.5) is 0 Å². The van der Waals surface area contributed by atoms with E-state index in [2.05, 4.69) is 10.0 Å². The highest BCUT2D eigenvalue weighted by molar-refractivity contribution is 8.11. The molecule has 0 saturated carbocycles. The fourth-order valence-corrected chi connectivity index (χ4v) is 3.53. The lowest BCUT2D eigenvalue weighted by atomic mass is 10.6. The lowest BCUT2D eigenvalue weighted by Gasteiger charge is -2.11. The van der Waals surface area contributed by atoms with Gasteiger partial charge in [-0.1, -0.05) is 0 Å². The molecule has 0 aromatic heterocycles. The molecule has 0 atom stereocenters. The maximum atomic E-state index is 10.1. The van der Waals surface area contributed by atoms with E-state index in [-0.39, 0.29) is 0 Å². The van der Waals surface area contributed by atoms with Crippen molar-refractivity contribution in [1.82, 2.24) is 0 Å². The summed E-state index contributed by atoms with van der Waals surface area (Å²) < 4.78 is 74.9. The molecule has 1 saturated heterocycles. The van der Waals surface area contributed by atoms with Crippen LogP contribution in [0.5, 0.6) is 0 Å². The molecule has 15 heteroatoms. The smallest absolute Gasteiger partial charge is 0.0801 e. The molecule has 1 aliphatic rings. The first-order chi connectivity index (χ1) is 13.7. The third-order valence-electron chi connectivity index (χ3n) is 2.50. The molecule has 0 aromatic rings. The zero-order valence-corrected chi connectivity index (χ0v) is 18.6. The molecule has 4 N–H and O–H groups in total. The summed E-state index contributed by atoms with van der Waals surface area (Å²) in [6.07, 6.45) is 1.43. The number of sulfonamides is 2. The van der Waals surface area contributed by atoms with E-state index in [0.717, 1.165) is 0 Å². The van der Waals surface area contributed by atoms with Crippen LogP contribution in [0, 0.1) is 0 Å². The highest BCUT2D eigenvalue weighted by Crippen LogP contribution is 2.03. The Morgan fingerprint density at radius 3 is 0.724 bits per heavy atom. The fourth-order valence-electron chi connectivity index (χ4n) is 1.57. The zero-order valence-electron chi connectivity index (χ0n) is 17.0. The Kier molecular flexibility index (Phi) is 22.0. The maximum Gasteiger partial charge on any atom is 0.0801 e. The summed E-state index contributed by atoms with van der Waals surface area (Å²) >= 11 is 0. The molecule has 13 nitrogen and oxygen atoms in total. The van der Waals surface area contributed by atoms with Crippen molar-refractivity contribution in [3.05, 3.63) is 4.13 Å². The number of hydrogen-bond donors (Lipinski definition) is 2. The Labute approximate surface area is 172 Å². The first kappa shape index (κ1) is 30.7. The first-order valence-electron chi connectivity index (χ1n) is 8.63. The van der Waals surface area contributed by atoms with Crippen LogP contribution in [0.15, 0.2) is 0 Å².